The molecule has 21 heavy (non-hydrogen) atoms. The van der Waals surface area contributed by atoms with E-state index in [1.807, 2.05) is 0 Å². The highest BCUT2D eigenvalue weighted by Crippen LogP contribution is 2.22. The maximum atomic E-state index is 5.88. The molecule has 2 heterocycles. The number of halogens is 1. The van der Waals surface area contributed by atoms with E-state index in [0.29, 0.717) is 17.1 Å². The predicted octanol–water partition coefficient (Wildman–Crippen LogP) is 3.06. The first-order chi connectivity index (χ1) is 10.2. The molecule has 0 amide bonds. The molecule has 0 radical (unpaired) electrons. The number of nitrogens with one attached hydrogen (secondary N) is 1. The molecule has 1 N–H and O–H groups in total. The Morgan fingerprint density at radius 2 is 2.05 bits per heavy atom. The van der Waals surface area contributed by atoms with Crippen LogP contribution in [0.25, 0.3) is 0 Å². The molecule has 2 atom stereocenters. The average molecular weight is 303 g/mol. The van der Waals surface area contributed by atoms with Crippen LogP contribution < -0.4 is 5.32 Å². The second-order valence-electron chi connectivity index (χ2n) is 5.63. The topological polar surface area (TPSA) is 41.0 Å². The van der Waals surface area contributed by atoms with Gasteiger partial charge in [0.1, 0.15) is 11.0 Å². The minimum absolute atomic E-state index is 0.376. The summed E-state index contributed by atoms with van der Waals surface area (Å²) in [4.78, 5) is 10.8. The first-order valence-electron chi connectivity index (χ1n) is 7.21. The van der Waals surface area contributed by atoms with Gasteiger partial charge in [-0.1, -0.05) is 48.9 Å². The van der Waals surface area contributed by atoms with Crippen molar-refractivity contribution in [2.75, 3.05) is 18.4 Å². The zero-order chi connectivity index (χ0) is 14.7. The fourth-order valence-electron chi connectivity index (χ4n) is 2.83. The lowest BCUT2D eigenvalue weighted by Crippen LogP contribution is -2.28. The quantitative estimate of drug-likeness (QED) is 0.942. The van der Waals surface area contributed by atoms with Gasteiger partial charge in [0.05, 0.1) is 12.4 Å². The highest BCUT2D eigenvalue weighted by Gasteiger charge is 2.29. The number of rotatable bonds is 4. The second-order valence-corrected chi connectivity index (χ2v) is 6.02. The van der Waals surface area contributed by atoms with Gasteiger partial charge in [0.25, 0.3) is 0 Å². The monoisotopic (exact) mass is 302 g/mol. The first kappa shape index (κ1) is 14.3. The maximum absolute atomic E-state index is 5.88. The summed E-state index contributed by atoms with van der Waals surface area (Å²) >= 11 is 5.88. The van der Waals surface area contributed by atoms with Crippen LogP contribution in [-0.2, 0) is 6.54 Å². The Morgan fingerprint density at radius 1 is 1.24 bits per heavy atom. The summed E-state index contributed by atoms with van der Waals surface area (Å²) < 4.78 is 0. The van der Waals surface area contributed by atoms with Gasteiger partial charge >= 0.3 is 0 Å². The normalized spacial score (nSPS) is 22.4. The van der Waals surface area contributed by atoms with E-state index < -0.39 is 0 Å². The lowest BCUT2D eigenvalue weighted by molar-refractivity contribution is 0.319. The molecule has 2 aromatic rings. The number of hydrogen-bond donors (Lipinski definition) is 1. The summed E-state index contributed by atoms with van der Waals surface area (Å²) in [6.45, 7) is 5.34. The summed E-state index contributed by atoms with van der Waals surface area (Å²) in [5.41, 5.74) is 1.35. The van der Waals surface area contributed by atoms with Crippen molar-refractivity contribution in [3.63, 3.8) is 0 Å². The molecule has 1 aromatic carbocycles. The lowest BCUT2D eigenvalue weighted by Gasteiger charge is -2.17. The summed E-state index contributed by atoms with van der Waals surface area (Å²) in [5, 5.41) is 3.87. The number of aromatic nitrogens is 2. The van der Waals surface area contributed by atoms with E-state index in [0.717, 1.165) is 25.5 Å². The minimum Gasteiger partial charge on any atom is -0.364 e. The van der Waals surface area contributed by atoms with Crippen LogP contribution in [0.15, 0.2) is 42.7 Å². The highest BCUT2D eigenvalue weighted by molar-refractivity contribution is 6.29. The Labute approximate surface area is 130 Å². The van der Waals surface area contributed by atoms with Gasteiger partial charge in [-0.25, -0.2) is 4.98 Å². The largest absolute Gasteiger partial charge is 0.364 e. The van der Waals surface area contributed by atoms with E-state index >= 15 is 0 Å². The van der Waals surface area contributed by atoms with Gasteiger partial charge < -0.3 is 5.32 Å². The molecule has 1 aliphatic heterocycles. The fraction of sp³-hybridized carbons (Fsp3) is 0.375. The van der Waals surface area contributed by atoms with Crippen LogP contribution in [0.5, 0.6) is 0 Å². The number of anilines is 1. The van der Waals surface area contributed by atoms with Crippen molar-refractivity contribution in [3.8, 4) is 0 Å². The Bertz CT molecular complexity index is 590. The van der Waals surface area contributed by atoms with Gasteiger partial charge in [-0.05, 0) is 11.5 Å². The van der Waals surface area contributed by atoms with Crippen molar-refractivity contribution < 1.29 is 0 Å². The third-order valence-corrected chi connectivity index (χ3v) is 4.06. The number of benzene rings is 1. The van der Waals surface area contributed by atoms with Crippen LogP contribution in [-0.4, -0.2) is 34.0 Å². The van der Waals surface area contributed by atoms with Crippen molar-refractivity contribution in [1.29, 1.82) is 0 Å². The zero-order valence-corrected chi connectivity index (χ0v) is 12.8. The molecule has 0 saturated carbocycles. The van der Waals surface area contributed by atoms with E-state index in [9.17, 15) is 0 Å². The lowest BCUT2D eigenvalue weighted by atomic mass is 10.1. The smallest absolute Gasteiger partial charge is 0.149 e. The molecule has 5 heteroatoms. The van der Waals surface area contributed by atoms with Crippen molar-refractivity contribution in [2.45, 2.75) is 19.5 Å². The van der Waals surface area contributed by atoms with Gasteiger partial charge in [0.15, 0.2) is 0 Å². The maximum Gasteiger partial charge on any atom is 0.149 e. The van der Waals surface area contributed by atoms with Gasteiger partial charge in [-0.3, -0.25) is 9.88 Å². The van der Waals surface area contributed by atoms with Crippen LogP contribution in [0, 0.1) is 5.92 Å². The summed E-state index contributed by atoms with van der Waals surface area (Å²) in [7, 11) is 0. The van der Waals surface area contributed by atoms with Crippen LogP contribution >= 0.6 is 11.6 Å². The van der Waals surface area contributed by atoms with E-state index in [4.69, 9.17) is 11.6 Å². The van der Waals surface area contributed by atoms with Crippen LogP contribution in [0.3, 0.4) is 0 Å². The van der Waals surface area contributed by atoms with Crippen molar-refractivity contribution in [3.05, 3.63) is 53.4 Å². The van der Waals surface area contributed by atoms with E-state index in [-0.39, 0.29) is 0 Å². The molecular formula is C16H19ClN4. The summed E-state index contributed by atoms with van der Waals surface area (Å²) in [6.07, 6.45) is 3.27. The summed E-state index contributed by atoms with van der Waals surface area (Å²) in [6, 6.07) is 11.0. The molecule has 110 valence electrons. The van der Waals surface area contributed by atoms with E-state index in [1.54, 1.807) is 12.4 Å². The van der Waals surface area contributed by atoms with E-state index in [2.05, 4.69) is 57.4 Å². The van der Waals surface area contributed by atoms with Crippen LogP contribution in [0.4, 0.5) is 5.82 Å². The van der Waals surface area contributed by atoms with Crippen molar-refractivity contribution >= 4 is 17.4 Å². The average Bonchev–Trinajstić information content (AvgIpc) is 2.80. The molecule has 1 fully saturated rings. The van der Waals surface area contributed by atoms with Gasteiger partial charge in [0, 0.05) is 25.7 Å². The third kappa shape index (κ3) is 3.71. The number of hydrogen-bond acceptors (Lipinski definition) is 4. The minimum atomic E-state index is 0.376. The standard InChI is InChI=1S/C16H19ClN4/c1-12-9-21(10-13-5-3-2-4-6-13)11-14(12)19-16-8-18-7-15(17)20-16/h2-8,12,14H,9-11H2,1H3,(H,19,20). The molecule has 0 aliphatic carbocycles. The van der Waals surface area contributed by atoms with Gasteiger partial charge in [-0.2, -0.15) is 0 Å². The predicted molar refractivity (Wildman–Crippen MR) is 85.3 cm³/mol. The molecule has 1 saturated heterocycles. The molecule has 4 nitrogen and oxygen atoms in total. The van der Waals surface area contributed by atoms with Crippen LogP contribution in [0.2, 0.25) is 5.15 Å². The molecule has 1 aliphatic rings. The Morgan fingerprint density at radius 3 is 2.81 bits per heavy atom. The summed E-state index contributed by atoms with van der Waals surface area (Å²) in [5.74, 6) is 1.32. The molecule has 0 spiro atoms. The number of nitrogens with zero attached hydrogens (tertiary/aromatic N) is 3. The fourth-order valence-corrected chi connectivity index (χ4v) is 2.97. The number of likely N-dealkylation sites (tertiary alicyclic amines) is 1. The molecule has 2 unspecified atom stereocenters. The second kappa shape index (κ2) is 6.41. The third-order valence-electron chi connectivity index (χ3n) is 3.88. The SMILES string of the molecule is CC1CN(Cc2ccccc2)CC1Nc1cncc(Cl)n1. The van der Waals surface area contributed by atoms with Crippen molar-refractivity contribution in [1.82, 2.24) is 14.9 Å². The van der Waals surface area contributed by atoms with E-state index in [1.165, 1.54) is 5.56 Å². The molecule has 0 bridgehead atoms. The first-order valence-corrected chi connectivity index (χ1v) is 7.59. The Kier molecular flexibility index (Phi) is 4.36. The van der Waals surface area contributed by atoms with Crippen LogP contribution in [0.1, 0.15) is 12.5 Å². The zero-order valence-electron chi connectivity index (χ0n) is 12.0. The molecular weight excluding hydrogens is 284 g/mol. The van der Waals surface area contributed by atoms with Crippen molar-refractivity contribution in [2.24, 2.45) is 5.92 Å². The Hall–Kier alpha value is -1.65. The molecule has 1 aromatic heterocycles. The highest BCUT2D eigenvalue weighted by atomic mass is 35.5. The van der Waals surface area contributed by atoms with Gasteiger partial charge in [0.2, 0.25) is 0 Å². The van der Waals surface area contributed by atoms with Gasteiger partial charge in [-0.15, -0.1) is 0 Å². The Balaban J connectivity index is 1.61. The molecule has 3 rings (SSSR count).